The number of benzene rings is 1. The zero-order valence-corrected chi connectivity index (χ0v) is 19.4. The normalized spacial score (nSPS) is 13.2. The van der Waals surface area contributed by atoms with E-state index in [1.54, 1.807) is 42.1 Å². The highest BCUT2D eigenvalue weighted by Crippen LogP contribution is 2.29. The van der Waals surface area contributed by atoms with Crippen LogP contribution in [0, 0.1) is 10.8 Å². The van der Waals surface area contributed by atoms with Crippen LogP contribution in [-0.2, 0) is 9.53 Å². The summed E-state index contributed by atoms with van der Waals surface area (Å²) in [5.74, 6) is 0.729. The Morgan fingerprint density at radius 2 is 1.85 bits per heavy atom. The Morgan fingerprint density at radius 3 is 2.42 bits per heavy atom. The Kier molecular flexibility index (Phi) is 9.92. The SMILES string of the molecule is CC(=O)N1CCOCC1.CSc1cn(-c2ncc(C(=N)/C=C\C=N)cn2)c2ccccc12.O. The van der Waals surface area contributed by atoms with E-state index in [0.29, 0.717) is 24.7 Å². The van der Waals surface area contributed by atoms with Crippen LogP contribution >= 0.6 is 11.8 Å². The van der Waals surface area contributed by atoms with Gasteiger partial charge in [-0.25, -0.2) is 9.97 Å². The average Bonchev–Trinajstić information content (AvgIpc) is 3.22. The van der Waals surface area contributed by atoms with E-state index in [1.165, 1.54) is 16.4 Å². The quantitative estimate of drug-likeness (QED) is 0.438. The fourth-order valence-corrected chi connectivity index (χ4v) is 3.78. The summed E-state index contributed by atoms with van der Waals surface area (Å²) in [6.45, 7) is 4.50. The van der Waals surface area contributed by atoms with Gasteiger partial charge >= 0.3 is 0 Å². The number of aromatic nitrogens is 3. The Bertz CT molecular complexity index is 1120. The first-order chi connectivity index (χ1) is 15.5. The van der Waals surface area contributed by atoms with Crippen molar-refractivity contribution < 1.29 is 15.0 Å². The second-order valence-electron chi connectivity index (χ2n) is 6.91. The van der Waals surface area contributed by atoms with Crippen molar-refractivity contribution in [2.75, 3.05) is 32.6 Å². The largest absolute Gasteiger partial charge is 0.412 e. The third-order valence-electron chi connectivity index (χ3n) is 4.88. The van der Waals surface area contributed by atoms with Crippen LogP contribution < -0.4 is 0 Å². The summed E-state index contributed by atoms with van der Waals surface area (Å²) in [5.41, 5.74) is 1.96. The number of allylic oxidation sites excluding steroid dienone is 2. The van der Waals surface area contributed by atoms with Crippen LogP contribution in [0.1, 0.15) is 12.5 Å². The van der Waals surface area contributed by atoms with Gasteiger partial charge in [0, 0.05) is 60.7 Å². The molecule has 10 heteroatoms. The van der Waals surface area contributed by atoms with E-state index in [1.807, 2.05) is 35.2 Å². The fourth-order valence-electron chi connectivity index (χ4n) is 3.18. The molecule has 3 heterocycles. The van der Waals surface area contributed by atoms with Crippen molar-refractivity contribution >= 4 is 40.5 Å². The Hall–Kier alpha value is -3.34. The van der Waals surface area contributed by atoms with Crippen molar-refractivity contribution in [3.63, 3.8) is 0 Å². The molecule has 174 valence electrons. The van der Waals surface area contributed by atoms with Crippen LogP contribution in [0.25, 0.3) is 16.9 Å². The number of nitrogens with one attached hydrogen (secondary N) is 2. The first kappa shape index (κ1) is 25.9. The zero-order chi connectivity index (χ0) is 22.9. The third-order valence-corrected chi connectivity index (χ3v) is 5.64. The van der Waals surface area contributed by atoms with Crippen LogP contribution in [0.5, 0.6) is 0 Å². The number of amides is 1. The fraction of sp³-hybridized carbons (Fsp3) is 0.261. The van der Waals surface area contributed by atoms with Gasteiger partial charge in [-0.1, -0.05) is 18.2 Å². The first-order valence-corrected chi connectivity index (χ1v) is 11.3. The molecule has 1 aromatic carbocycles. The molecule has 0 aliphatic carbocycles. The molecule has 0 atom stereocenters. The van der Waals surface area contributed by atoms with E-state index in [4.69, 9.17) is 15.6 Å². The van der Waals surface area contributed by atoms with Crippen molar-refractivity contribution in [3.8, 4) is 5.95 Å². The number of morpholine rings is 1. The second kappa shape index (κ2) is 12.6. The van der Waals surface area contributed by atoms with E-state index in [0.717, 1.165) is 24.8 Å². The van der Waals surface area contributed by atoms with Crippen molar-refractivity contribution in [3.05, 3.63) is 60.6 Å². The lowest BCUT2D eigenvalue weighted by Gasteiger charge is -2.25. The van der Waals surface area contributed by atoms with Gasteiger partial charge < -0.3 is 25.9 Å². The van der Waals surface area contributed by atoms with Gasteiger partial charge in [0.2, 0.25) is 11.9 Å². The van der Waals surface area contributed by atoms with Crippen molar-refractivity contribution in [2.24, 2.45) is 0 Å². The predicted molar refractivity (Wildman–Crippen MR) is 132 cm³/mol. The van der Waals surface area contributed by atoms with Crippen LogP contribution in [0.15, 0.2) is 59.9 Å². The lowest BCUT2D eigenvalue weighted by Crippen LogP contribution is -2.39. The van der Waals surface area contributed by atoms with E-state index in [-0.39, 0.29) is 17.1 Å². The molecular formula is C23H28N6O3S. The maximum Gasteiger partial charge on any atom is 0.234 e. The smallest absolute Gasteiger partial charge is 0.234 e. The highest BCUT2D eigenvalue weighted by molar-refractivity contribution is 7.98. The molecule has 0 radical (unpaired) electrons. The van der Waals surface area contributed by atoms with Gasteiger partial charge in [-0.3, -0.25) is 9.36 Å². The molecule has 1 amide bonds. The number of nitrogens with zero attached hydrogens (tertiary/aromatic N) is 4. The molecule has 1 fully saturated rings. The van der Waals surface area contributed by atoms with Crippen LogP contribution in [0.2, 0.25) is 0 Å². The van der Waals surface area contributed by atoms with Crippen molar-refractivity contribution in [1.29, 1.82) is 10.8 Å². The number of thioether (sulfide) groups is 1. The molecule has 1 saturated heterocycles. The number of carbonyl (C=O) groups excluding carboxylic acids is 1. The highest BCUT2D eigenvalue weighted by Gasteiger charge is 2.12. The van der Waals surface area contributed by atoms with Crippen LogP contribution in [0.3, 0.4) is 0 Å². The number of hydrogen-bond acceptors (Lipinski definition) is 7. The number of carbonyl (C=O) groups is 1. The molecule has 0 bridgehead atoms. The molecule has 33 heavy (non-hydrogen) atoms. The molecular weight excluding hydrogens is 440 g/mol. The van der Waals surface area contributed by atoms with E-state index in [2.05, 4.69) is 16.0 Å². The minimum Gasteiger partial charge on any atom is -0.412 e. The van der Waals surface area contributed by atoms with Crippen LogP contribution in [-0.4, -0.2) is 75.3 Å². The first-order valence-electron chi connectivity index (χ1n) is 10.1. The standard InChI is InChI=1S/C17H15N5S.C6H11NO2.H2O/c1-23-16-11-22(15-7-3-2-5-13(15)16)17-20-9-12(10-21-17)14(19)6-4-8-18;1-6(8)7-2-4-9-5-3-7;/h2-11,18-19H,1H3;2-5H2,1H3;1H2/b6-4-,18-8?,19-14?;;. The van der Waals surface area contributed by atoms with Gasteiger partial charge in [0.05, 0.1) is 24.4 Å². The van der Waals surface area contributed by atoms with Crippen molar-refractivity contribution in [2.45, 2.75) is 11.8 Å². The van der Waals surface area contributed by atoms with E-state index < -0.39 is 0 Å². The maximum absolute atomic E-state index is 10.7. The van der Waals surface area contributed by atoms with E-state index >= 15 is 0 Å². The Balaban J connectivity index is 0.000000326. The maximum atomic E-state index is 10.7. The Morgan fingerprint density at radius 1 is 1.18 bits per heavy atom. The summed E-state index contributed by atoms with van der Waals surface area (Å²) in [6.07, 6.45) is 11.5. The molecule has 9 nitrogen and oxygen atoms in total. The average molecular weight is 469 g/mol. The zero-order valence-electron chi connectivity index (χ0n) is 18.6. The Labute approximate surface area is 196 Å². The lowest BCUT2D eigenvalue weighted by atomic mass is 10.2. The van der Waals surface area contributed by atoms with Crippen molar-refractivity contribution in [1.82, 2.24) is 19.4 Å². The molecule has 0 unspecified atom stereocenters. The summed E-state index contributed by atoms with van der Waals surface area (Å²) < 4.78 is 7.02. The molecule has 2 aromatic heterocycles. The summed E-state index contributed by atoms with van der Waals surface area (Å²) in [4.78, 5) is 22.4. The number of ether oxygens (including phenoxy) is 1. The topological polar surface area (TPSA) is 139 Å². The molecule has 1 aliphatic rings. The molecule has 4 N–H and O–H groups in total. The predicted octanol–water partition coefficient (Wildman–Crippen LogP) is 2.76. The number of hydrogen-bond donors (Lipinski definition) is 2. The lowest BCUT2D eigenvalue weighted by molar-refractivity contribution is -0.132. The third kappa shape index (κ3) is 6.58. The molecule has 0 spiro atoms. The minimum atomic E-state index is 0. The monoisotopic (exact) mass is 468 g/mol. The molecule has 1 aliphatic heterocycles. The van der Waals surface area contributed by atoms with Gasteiger partial charge in [-0.15, -0.1) is 11.8 Å². The summed E-state index contributed by atoms with van der Waals surface area (Å²) in [6, 6.07) is 8.15. The summed E-state index contributed by atoms with van der Waals surface area (Å²) in [7, 11) is 0. The van der Waals surface area contributed by atoms with Gasteiger partial charge in [-0.05, 0) is 24.5 Å². The number of para-hydroxylation sites is 1. The van der Waals surface area contributed by atoms with Gasteiger partial charge in [-0.2, -0.15) is 0 Å². The highest BCUT2D eigenvalue weighted by atomic mass is 32.2. The van der Waals surface area contributed by atoms with E-state index in [9.17, 15) is 4.79 Å². The minimum absolute atomic E-state index is 0. The molecule has 4 rings (SSSR count). The van der Waals surface area contributed by atoms with Gasteiger partial charge in [0.1, 0.15) is 0 Å². The second-order valence-corrected chi connectivity index (χ2v) is 7.76. The molecule has 3 aromatic rings. The van der Waals surface area contributed by atoms with Gasteiger partial charge in [0.25, 0.3) is 0 Å². The number of fused-ring (bicyclic) bond motifs is 1. The summed E-state index contributed by atoms with van der Waals surface area (Å²) >= 11 is 1.69. The summed E-state index contributed by atoms with van der Waals surface area (Å²) in [5, 5.41) is 16.0. The molecule has 0 saturated carbocycles. The number of rotatable bonds is 5. The van der Waals surface area contributed by atoms with Crippen LogP contribution in [0.4, 0.5) is 0 Å². The van der Waals surface area contributed by atoms with Gasteiger partial charge in [0.15, 0.2) is 0 Å².